The molecule has 0 saturated carbocycles. The maximum Gasteiger partial charge on any atom is 0.338 e. The van der Waals surface area contributed by atoms with E-state index in [9.17, 15) is 9.59 Å². The Balaban J connectivity index is 1.91. The molecule has 0 aliphatic carbocycles. The van der Waals surface area contributed by atoms with Crippen LogP contribution in [0.3, 0.4) is 0 Å². The van der Waals surface area contributed by atoms with Gasteiger partial charge < -0.3 is 9.47 Å². The van der Waals surface area contributed by atoms with Gasteiger partial charge in [0.05, 0.1) is 29.0 Å². The fraction of sp³-hybridized carbons (Fsp3) is 0.192. The van der Waals surface area contributed by atoms with Gasteiger partial charge in [-0.1, -0.05) is 66.6 Å². The number of allylic oxidation sites excluding steroid dienone is 1. The molecule has 0 amide bonds. The number of carbonyl (C=O) groups excluding carboxylic acids is 1. The standard InChI is InChI=1S/C26H22N2O4S/c1-4-14-32-19-13-9-10-17(15-19)16-21-24(29)28-23(18-11-7-6-8-12-18)22(25(30)31-3)20(5-2)27-26(28)33-21/h1,6-13,15-16,23H,5,14H2,2-3H3/b21-16+/t23-/m0/s1. The Labute approximate surface area is 195 Å². The number of hydrogen-bond donors (Lipinski definition) is 0. The van der Waals surface area contributed by atoms with E-state index in [0.29, 0.717) is 32.8 Å². The van der Waals surface area contributed by atoms with Crippen LogP contribution in [0.1, 0.15) is 30.5 Å². The molecule has 0 N–H and O–H groups in total. The molecular formula is C26H22N2O4S. The zero-order valence-corrected chi connectivity index (χ0v) is 19.1. The lowest BCUT2D eigenvalue weighted by Crippen LogP contribution is -2.40. The van der Waals surface area contributed by atoms with Gasteiger partial charge in [-0.15, -0.1) is 6.42 Å². The molecule has 1 aliphatic heterocycles. The fourth-order valence-electron chi connectivity index (χ4n) is 3.79. The van der Waals surface area contributed by atoms with Crippen LogP contribution in [0.5, 0.6) is 5.75 Å². The number of aromatic nitrogens is 1. The molecule has 33 heavy (non-hydrogen) atoms. The lowest BCUT2D eigenvalue weighted by molar-refractivity contribution is -0.136. The number of nitrogens with zero attached hydrogens (tertiary/aromatic N) is 2. The van der Waals surface area contributed by atoms with Crippen molar-refractivity contribution in [3.8, 4) is 18.1 Å². The molecule has 1 aromatic heterocycles. The third-order valence-corrected chi connectivity index (χ3v) is 6.23. The summed E-state index contributed by atoms with van der Waals surface area (Å²) >= 11 is 1.29. The molecule has 0 bridgehead atoms. The number of carbonyl (C=O) groups is 1. The van der Waals surface area contributed by atoms with Crippen molar-refractivity contribution in [2.45, 2.75) is 19.4 Å². The number of hydrogen-bond acceptors (Lipinski definition) is 6. The van der Waals surface area contributed by atoms with Crippen LogP contribution in [-0.2, 0) is 9.53 Å². The summed E-state index contributed by atoms with van der Waals surface area (Å²) < 4.78 is 12.6. The summed E-state index contributed by atoms with van der Waals surface area (Å²) in [6.07, 6.45) is 7.60. The SMILES string of the molecule is C#CCOc1cccc(/C=c2/sc3n(c2=O)[C@@H](c2ccccc2)C(C(=O)OC)=C(CC)N=3)c1. The first-order valence-electron chi connectivity index (χ1n) is 10.4. The Morgan fingerprint density at radius 2 is 2.03 bits per heavy atom. The lowest BCUT2D eigenvalue weighted by atomic mass is 9.95. The van der Waals surface area contributed by atoms with E-state index in [2.05, 4.69) is 10.9 Å². The number of thiazole rings is 1. The van der Waals surface area contributed by atoms with E-state index in [1.165, 1.54) is 18.4 Å². The zero-order valence-electron chi connectivity index (χ0n) is 18.3. The molecule has 0 unspecified atom stereocenters. The third kappa shape index (κ3) is 4.38. The van der Waals surface area contributed by atoms with Crippen LogP contribution < -0.4 is 19.6 Å². The molecule has 0 saturated heterocycles. The Kier molecular flexibility index (Phi) is 6.57. The number of benzene rings is 2. The number of fused-ring (bicyclic) bond motifs is 1. The second kappa shape index (κ2) is 9.72. The van der Waals surface area contributed by atoms with Gasteiger partial charge in [0.1, 0.15) is 12.4 Å². The highest BCUT2D eigenvalue weighted by molar-refractivity contribution is 7.07. The number of esters is 1. The summed E-state index contributed by atoms with van der Waals surface area (Å²) in [5.41, 5.74) is 2.40. The summed E-state index contributed by atoms with van der Waals surface area (Å²) in [4.78, 5) is 31.5. The van der Waals surface area contributed by atoms with Crippen molar-refractivity contribution in [2.24, 2.45) is 4.99 Å². The maximum atomic E-state index is 13.6. The summed E-state index contributed by atoms with van der Waals surface area (Å²) in [5, 5.41) is 0. The highest BCUT2D eigenvalue weighted by Crippen LogP contribution is 2.31. The van der Waals surface area contributed by atoms with Crippen molar-refractivity contribution in [3.05, 3.63) is 96.7 Å². The molecule has 166 valence electrons. The van der Waals surface area contributed by atoms with E-state index < -0.39 is 12.0 Å². The number of methoxy groups -OCH3 is 1. The average Bonchev–Trinajstić information content (AvgIpc) is 3.16. The van der Waals surface area contributed by atoms with Crippen molar-refractivity contribution in [1.29, 1.82) is 0 Å². The van der Waals surface area contributed by atoms with E-state index in [4.69, 9.17) is 15.9 Å². The highest BCUT2D eigenvalue weighted by atomic mass is 32.1. The Morgan fingerprint density at radius 1 is 1.24 bits per heavy atom. The molecule has 0 fully saturated rings. The van der Waals surface area contributed by atoms with Crippen molar-refractivity contribution >= 4 is 23.4 Å². The normalized spacial score (nSPS) is 15.4. The molecule has 1 aliphatic rings. The number of rotatable bonds is 6. The van der Waals surface area contributed by atoms with Gasteiger partial charge in [-0.05, 0) is 35.8 Å². The molecule has 2 aromatic carbocycles. The van der Waals surface area contributed by atoms with Crippen LogP contribution in [0.25, 0.3) is 6.08 Å². The Bertz CT molecular complexity index is 1440. The first-order valence-corrected chi connectivity index (χ1v) is 11.2. The fourth-order valence-corrected chi connectivity index (χ4v) is 4.81. The maximum absolute atomic E-state index is 13.6. The van der Waals surface area contributed by atoms with Crippen LogP contribution in [-0.4, -0.2) is 24.3 Å². The van der Waals surface area contributed by atoms with Crippen molar-refractivity contribution in [2.75, 3.05) is 13.7 Å². The van der Waals surface area contributed by atoms with Crippen LogP contribution in [0.15, 0.2) is 75.7 Å². The second-order valence-corrected chi connectivity index (χ2v) is 8.27. The smallest absolute Gasteiger partial charge is 0.338 e. The van der Waals surface area contributed by atoms with Gasteiger partial charge in [0.25, 0.3) is 5.56 Å². The molecule has 6 nitrogen and oxygen atoms in total. The largest absolute Gasteiger partial charge is 0.481 e. The van der Waals surface area contributed by atoms with Crippen molar-refractivity contribution in [3.63, 3.8) is 0 Å². The first kappa shape index (κ1) is 22.3. The second-order valence-electron chi connectivity index (χ2n) is 7.26. The van der Waals surface area contributed by atoms with Crippen LogP contribution in [0.2, 0.25) is 0 Å². The van der Waals surface area contributed by atoms with E-state index in [-0.39, 0.29) is 12.2 Å². The lowest BCUT2D eigenvalue weighted by Gasteiger charge is -2.25. The summed E-state index contributed by atoms with van der Waals surface area (Å²) in [6, 6.07) is 16.2. The molecule has 7 heteroatoms. The van der Waals surface area contributed by atoms with Gasteiger partial charge in [-0.3, -0.25) is 9.36 Å². The van der Waals surface area contributed by atoms with Gasteiger partial charge in [0.15, 0.2) is 4.80 Å². The molecule has 4 rings (SSSR count). The van der Waals surface area contributed by atoms with Crippen LogP contribution >= 0.6 is 11.3 Å². The highest BCUT2D eigenvalue weighted by Gasteiger charge is 2.33. The number of terminal acetylenes is 1. The van der Waals surface area contributed by atoms with Gasteiger partial charge in [-0.25, -0.2) is 9.79 Å². The Morgan fingerprint density at radius 3 is 2.73 bits per heavy atom. The average molecular weight is 459 g/mol. The van der Waals surface area contributed by atoms with Gasteiger partial charge >= 0.3 is 5.97 Å². The van der Waals surface area contributed by atoms with Crippen LogP contribution in [0, 0.1) is 12.3 Å². The topological polar surface area (TPSA) is 69.9 Å². The minimum Gasteiger partial charge on any atom is -0.481 e. The van der Waals surface area contributed by atoms with Gasteiger partial charge in [0, 0.05) is 0 Å². The molecule has 0 radical (unpaired) electrons. The first-order chi connectivity index (χ1) is 16.1. The summed E-state index contributed by atoms with van der Waals surface area (Å²) in [7, 11) is 1.34. The predicted octanol–water partition coefficient (Wildman–Crippen LogP) is 2.81. The minimum atomic E-state index is -0.614. The summed E-state index contributed by atoms with van der Waals surface area (Å²) in [6.45, 7) is 2.10. The molecule has 1 atom stereocenters. The van der Waals surface area contributed by atoms with Crippen molar-refractivity contribution < 1.29 is 14.3 Å². The molecule has 2 heterocycles. The van der Waals surface area contributed by atoms with Gasteiger partial charge in [-0.2, -0.15) is 0 Å². The van der Waals surface area contributed by atoms with E-state index in [0.717, 1.165) is 11.1 Å². The predicted molar refractivity (Wildman–Crippen MR) is 128 cm³/mol. The van der Waals surface area contributed by atoms with Gasteiger partial charge in [0.2, 0.25) is 0 Å². The molecular weight excluding hydrogens is 436 g/mol. The Hall–Kier alpha value is -3.89. The number of ether oxygens (including phenoxy) is 2. The summed E-state index contributed by atoms with van der Waals surface area (Å²) in [5.74, 6) is 2.57. The van der Waals surface area contributed by atoms with E-state index >= 15 is 0 Å². The van der Waals surface area contributed by atoms with Crippen LogP contribution in [0.4, 0.5) is 0 Å². The minimum absolute atomic E-state index is 0.165. The zero-order chi connectivity index (χ0) is 23.4. The van der Waals surface area contributed by atoms with E-state index in [1.807, 2.05) is 61.5 Å². The molecule has 3 aromatic rings. The van der Waals surface area contributed by atoms with Crippen molar-refractivity contribution in [1.82, 2.24) is 4.57 Å². The third-order valence-electron chi connectivity index (χ3n) is 5.24. The molecule has 0 spiro atoms. The van der Waals surface area contributed by atoms with E-state index in [1.54, 1.807) is 10.6 Å². The quantitative estimate of drug-likeness (QED) is 0.421. The monoisotopic (exact) mass is 458 g/mol.